The topological polar surface area (TPSA) is 65.9 Å². The number of hydrogen-bond acceptors (Lipinski definition) is 3. The third-order valence-corrected chi connectivity index (χ3v) is 3.62. The summed E-state index contributed by atoms with van der Waals surface area (Å²) in [4.78, 5) is 15.6. The lowest BCUT2D eigenvalue weighted by molar-refractivity contribution is 0.104. The van der Waals surface area contributed by atoms with E-state index < -0.39 is 0 Å². The van der Waals surface area contributed by atoms with Gasteiger partial charge in [0, 0.05) is 28.2 Å². The molecule has 0 aliphatic carbocycles. The Kier molecular flexibility index (Phi) is 3.94. The number of aromatic nitrogens is 1. The highest BCUT2D eigenvalue weighted by molar-refractivity contribution is 6.14. The summed E-state index contributed by atoms with van der Waals surface area (Å²) in [6.45, 7) is 0. The fraction of sp³-hybridized carbons (Fsp3) is 0.0526. The Balaban J connectivity index is 2.05. The highest BCUT2D eigenvalue weighted by Crippen LogP contribution is 2.25. The van der Waals surface area contributed by atoms with Crippen molar-refractivity contribution in [1.82, 2.24) is 4.98 Å². The first-order chi connectivity index (χ1) is 11.2. The van der Waals surface area contributed by atoms with Gasteiger partial charge >= 0.3 is 0 Å². The number of carbonyl (C=O) groups is 1. The quantitative estimate of drug-likeness (QED) is 0.450. The van der Waals surface area contributed by atoms with Gasteiger partial charge in [0.05, 0.1) is 7.11 Å². The van der Waals surface area contributed by atoms with Crippen molar-refractivity contribution in [3.63, 3.8) is 0 Å². The summed E-state index contributed by atoms with van der Waals surface area (Å²) in [5.41, 5.74) is 2.29. The van der Waals surface area contributed by atoms with E-state index >= 15 is 0 Å². The van der Waals surface area contributed by atoms with E-state index in [1.54, 1.807) is 43.6 Å². The number of H-pyrrole nitrogens is 1. The Morgan fingerprint density at radius 1 is 1.22 bits per heavy atom. The number of allylic oxidation sites excluding steroid dienone is 1. The number of fused-ring (bicyclic) bond motifs is 1. The summed E-state index contributed by atoms with van der Waals surface area (Å²) in [5, 5.41) is 10.3. The number of ether oxygens (including phenoxy) is 1. The molecule has 112 valence electrons. The number of carbonyl (C=O) groups excluding carboxylic acids is 1. The van der Waals surface area contributed by atoms with Crippen molar-refractivity contribution in [1.29, 1.82) is 5.26 Å². The number of nitrogens with zero attached hydrogens (tertiary/aromatic N) is 1. The molecule has 0 spiro atoms. The predicted molar refractivity (Wildman–Crippen MR) is 89.2 cm³/mol. The molecule has 4 heteroatoms. The number of rotatable bonds is 4. The average molecular weight is 302 g/mol. The highest BCUT2D eigenvalue weighted by atomic mass is 16.5. The zero-order valence-electron chi connectivity index (χ0n) is 12.5. The molecule has 3 aromatic rings. The van der Waals surface area contributed by atoms with Gasteiger partial charge in [0.2, 0.25) is 5.78 Å². The van der Waals surface area contributed by atoms with Crippen molar-refractivity contribution in [2.45, 2.75) is 0 Å². The van der Waals surface area contributed by atoms with Gasteiger partial charge in [-0.25, -0.2) is 0 Å². The smallest absolute Gasteiger partial charge is 0.203 e. The number of aromatic amines is 1. The van der Waals surface area contributed by atoms with Crippen LogP contribution in [0.25, 0.3) is 17.0 Å². The molecule has 0 fully saturated rings. The molecule has 0 aliphatic rings. The molecular formula is C19H14N2O2. The molecule has 0 amide bonds. The number of ketones is 1. The Hall–Kier alpha value is -3.32. The Bertz CT molecular complexity index is 931. The molecule has 1 aromatic heterocycles. The van der Waals surface area contributed by atoms with Crippen molar-refractivity contribution in [2.24, 2.45) is 0 Å². The third-order valence-electron chi connectivity index (χ3n) is 3.62. The van der Waals surface area contributed by atoms with Crippen LogP contribution in [0.1, 0.15) is 15.9 Å². The fourth-order valence-electron chi connectivity index (χ4n) is 2.42. The van der Waals surface area contributed by atoms with Gasteiger partial charge in [0.25, 0.3) is 0 Å². The first-order valence-electron chi connectivity index (χ1n) is 7.09. The minimum absolute atomic E-state index is 0.0971. The van der Waals surface area contributed by atoms with E-state index in [-0.39, 0.29) is 11.4 Å². The molecule has 0 saturated carbocycles. The second-order valence-corrected chi connectivity index (χ2v) is 5.02. The largest absolute Gasteiger partial charge is 0.497 e. The molecule has 0 radical (unpaired) electrons. The number of nitrogens with one attached hydrogen (secondary N) is 1. The van der Waals surface area contributed by atoms with Gasteiger partial charge in [-0.05, 0) is 24.3 Å². The van der Waals surface area contributed by atoms with Crippen molar-refractivity contribution >= 4 is 22.8 Å². The molecule has 2 aromatic carbocycles. The molecule has 4 nitrogen and oxygen atoms in total. The van der Waals surface area contributed by atoms with Crippen LogP contribution in [0.3, 0.4) is 0 Å². The average Bonchev–Trinajstić information content (AvgIpc) is 3.01. The molecule has 0 unspecified atom stereocenters. The van der Waals surface area contributed by atoms with Gasteiger partial charge in [-0.15, -0.1) is 0 Å². The molecule has 3 rings (SSSR count). The third kappa shape index (κ3) is 2.85. The molecule has 0 aliphatic heterocycles. The molecule has 0 saturated heterocycles. The molecule has 23 heavy (non-hydrogen) atoms. The van der Waals surface area contributed by atoms with Gasteiger partial charge in [-0.3, -0.25) is 4.79 Å². The lowest BCUT2D eigenvalue weighted by Crippen LogP contribution is -2.01. The molecule has 0 bridgehead atoms. The van der Waals surface area contributed by atoms with Crippen molar-refractivity contribution in [2.75, 3.05) is 7.11 Å². The van der Waals surface area contributed by atoms with E-state index in [1.165, 1.54) is 0 Å². The van der Waals surface area contributed by atoms with E-state index in [4.69, 9.17) is 4.74 Å². The number of hydrogen-bond donors (Lipinski definition) is 1. The second-order valence-electron chi connectivity index (χ2n) is 5.02. The van der Waals surface area contributed by atoms with Crippen LogP contribution < -0.4 is 4.74 Å². The van der Waals surface area contributed by atoms with Crippen LogP contribution >= 0.6 is 0 Å². The fourth-order valence-corrected chi connectivity index (χ4v) is 2.42. The molecule has 1 heterocycles. The van der Waals surface area contributed by atoms with Crippen LogP contribution in [0.5, 0.6) is 5.75 Å². The lowest BCUT2D eigenvalue weighted by Gasteiger charge is -2.01. The molecular weight excluding hydrogens is 288 g/mol. The van der Waals surface area contributed by atoms with Crippen LogP contribution in [0.15, 0.2) is 60.3 Å². The van der Waals surface area contributed by atoms with Gasteiger partial charge in [-0.2, -0.15) is 5.26 Å². The second kappa shape index (κ2) is 6.20. The van der Waals surface area contributed by atoms with Crippen LogP contribution in [0, 0.1) is 11.3 Å². The summed E-state index contributed by atoms with van der Waals surface area (Å²) in [7, 11) is 1.60. The Labute approximate surface area is 133 Å². The number of benzene rings is 2. The monoisotopic (exact) mass is 302 g/mol. The maximum atomic E-state index is 12.4. The van der Waals surface area contributed by atoms with Crippen molar-refractivity contribution < 1.29 is 9.53 Å². The minimum atomic E-state index is -0.287. The summed E-state index contributed by atoms with van der Waals surface area (Å²) in [6.07, 6.45) is 3.38. The summed E-state index contributed by atoms with van der Waals surface area (Å²) >= 11 is 0. The molecule has 0 atom stereocenters. The van der Waals surface area contributed by atoms with Gasteiger partial charge in [0.1, 0.15) is 17.4 Å². The van der Waals surface area contributed by atoms with Crippen molar-refractivity contribution in [3.05, 3.63) is 71.4 Å². The number of nitriles is 1. The normalized spacial score (nSPS) is 11.2. The maximum Gasteiger partial charge on any atom is 0.203 e. The lowest BCUT2D eigenvalue weighted by atomic mass is 10.0. The molecule has 1 N–H and O–H groups in total. The van der Waals surface area contributed by atoms with E-state index in [9.17, 15) is 10.1 Å². The standard InChI is InChI=1S/C19H14N2O2/c1-23-16-7-8-18-17(10-16)15(12-21-18)9-14(11-20)19(22)13-5-3-2-4-6-13/h2-10,12,21H,1H3/b14-9-. The first-order valence-corrected chi connectivity index (χ1v) is 7.09. The van der Waals surface area contributed by atoms with Gasteiger partial charge in [0.15, 0.2) is 0 Å². The Morgan fingerprint density at radius 2 is 2.00 bits per heavy atom. The summed E-state index contributed by atoms with van der Waals surface area (Å²) in [5.74, 6) is 0.435. The van der Waals surface area contributed by atoms with E-state index in [2.05, 4.69) is 4.98 Å². The van der Waals surface area contributed by atoms with Crippen LogP contribution in [-0.2, 0) is 0 Å². The van der Waals surface area contributed by atoms with Gasteiger partial charge in [-0.1, -0.05) is 30.3 Å². The highest BCUT2D eigenvalue weighted by Gasteiger charge is 2.13. The SMILES string of the molecule is COc1ccc2[nH]cc(/C=C(/C#N)C(=O)c3ccccc3)c2c1. The summed E-state index contributed by atoms with van der Waals surface area (Å²) in [6, 6.07) is 16.4. The van der Waals surface area contributed by atoms with E-state index in [1.807, 2.05) is 30.3 Å². The van der Waals surface area contributed by atoms with Crippen LogP contribution in [0.2, 0.25) is 0 Å². The van der Waals surface area contributed by atoms with Crippen LogP contribution in [0.4, 0.5) is 0 Å². The first kappa shape index (κ1) is 14.6. The maximum absolute atomic E-state index is 12.4. The van der Waals surface area contributed by atoms with Gasteiger partial charge < -0.3 is 9.72 Å². The predicted octanol–water partition coefficient (Wildman–Crippen LogP) is 3.97. The zero-order chi connectivity index (χ0) is 16.2. The zero-order valence-corrected chi connectivity index (χ0v) is 12.5. The summed E-state index contributed by atoms with van der Waals surface area (Å²) < 4.78 is 5.23. The van der Waals surface area contributed by atoms with E-state index in [0.717, 1.165) is 22.2 Å². The van der Waals surface area contributed by atoms with Crippen LogP contribution in [-0.4, -0.2) is 17.9 Å². The Morgan fingerprint density at radius 3 is 2.70 bits per heavy atom. The number of Topliss-reactive ketones (excluding diaryl/α,β-unsaturated/α-hetero) is 1. The van der Waals surface area contributed by atoms with Crippen molar-refractivity contribution in [3.8, 4) is 11.8 Å². The minimum Gasteiger partial charge on any atom is -0.497 e. The van der Waals surface area contributed by atoms with E-state index in [0.29, 0.717) is 5.56 Å². The number of methoxy groups -OCH3 is 1.